The number of rotatable bonds is 8. The molecule has 0 spiro atoms. The zero-order chi connectivity index (χ0) is 25.8. The summed E-state index contributed by atoms with van der Waals surface area (Å²) in [5.41, 5.74) is 1.80. The van der Waals surface area contributed by atoms with Gasteiger partial charge in [-0.05, 0) is 55.3 Å². The molecule has 2 aromatic carbocycles. The number of hydrogen-bond donors (Lipinski definition) is 0. The molecule has 0 N–H and O–H groups in total. The standard InChI is InChI=1S/C27H27FN2O5S/c1-5-7-20-23(26(32)35-6-2)24(19-15-18(33-3)12-13-21(19)34-4)30-25(31)22(36-27(30)29-20)14-16-8-10-17(28)11-9-16/h8-15,24H,5-7H2,1-4H3/b22-14-/t24-/m1/s1. The third-order valence-electron chi connectivity index (χ3n) is 5.79. The Morgan fingerprint density at radius 2 is 1.89 bits per heavy atom. The normalized spacial score (nSPS) is 15.4. The number of methoxy groups -OCH3 is 2. The topological polar surface area (TPSA) is 79.1 Å². The van der Waals surface area contributed by atoms with Gasteiger partial charge in [-0.1, -0.05) is 36.8 Å². The van der Waals surface area contributed by atoms with E-state index in [1.165, 1.54) is 35.1 Å². The van der Waals surface area contributed by atoms with E-state index < -0.39 is 12.0 Å². The molecule has 2 heterocycles. The van der Waals surface area contributed by atoms with Crippen molar-refractivity contribution in [3.63, 3.8) is 0 Å². The van der Waals surface area contributed by atoms with Gasteiger partial charge in [0, 0.05) is 5.56 Å². The summed E-state index contributed by atoms with van der Waals surface area (Å²) in [7, 11) is 3.08. The molecule has 1 aromatic heterocycles. The molecule has 9 heteroatoms. The number of carbonyl (C=O) groups excluding carboxylic acids is 1. The number of benzene rings is 2. The molecule has 0 saturated carbocycles. The van der Waals surface area contributed by atoms with Crippen molar-refractivity contribution in [2.75, 3.05) is 20.8 Å². The van der Waals surface area contributed by atoms with Gasteiger partial charge in [-0.25, -0.2) is 14.2 Å². The maximum Gasteiger partial charge on any atom is 0.338 e. The third-order valence-corrected chi connectivity index (χ3v) is 6.77. The van der Waals surface area contributed by atoms with Gasteiger partial charge < -0.3 is 14.2 Å². The summed E-state index contributed by atoms with van der Waals surface area (Å²) in [5.74, 6) is 0.152. The predicted octanol–water partition coefficient (Wildman–Crippen LogP) is 3.73. The van der Waals surface area contributed by atoms with Crippen LogP contribution in [-0.2, 0) is 9.53 Å². The first-order valence-corrected chi connectivity index (χ1v) is 12.4. The Morgan fingerprint density at radius 3 is 2.53 bits per heavy atom. The smallest absolute Gasteiger partial charge is 0.338 e. The third kappa shape index (κ3) is 4.83. The molecule has 3 aromatic rings. The van der Waals surface area contributed by atoms with E-state index in [1.807, 2.05) is 6.92 Å². The van der Waals surface area contributed by atoms with Crippen molar-refractivity contribution in [2.24, 2.45) is 4.99 Å². The van der Waals surface area contributed by atoms with Crippen LogP contribution in [0.25, 0.3) is 6.08 Å². The van der Waals surface area contributed by atoms with Gasteiger partial charge in [0.25, 0.3) is 5.56 Å². The predicted molar refractivity (Wildman–Crippen MR) is 136 cm³/mol. The highest BCUT2D eigenvalue weighted by Gasteiger charge is 2.36. The number of allylic oxidation sites excluding steroid dienone is 1. The summed E-state index contributed by atoms with van der Waals surface area (Å²) in [4.78, 5) is 32.3. The largest absolute Gasteiger partial charge is 0.497 e. The van der Waals surface area contributed by atoms with Crippen LogP contribution in [0.15, 0.2) is 63.5 Å². The minimum Gasteiger partial charge on any atom is -0.497 e. The number of thiazole rings is 1. The zero-order valence-electron chi connectivity index (χ0n) is 20.5. The van der Waals surface area contributed by atoms with Gasteiger partial charge in [0.15, 0.2) is 4.80 Å². The molecular weight excluding hydrogens is 483 g/mol. The van der Waals surface area contributed by atoms with Gasteiger partial charge in [0.1, 0.15) is 23.4 Å². The van der Waals surface area contributed by atoms with Crippen LogP contribution in [0.1, 0.15) is 43.9 Å². The van der Waals surface area contributed by atoms with Gasteiger partial charge in [-0.15, -0.1) is 0 Å². The number of fused-ring (bicyclic) bond motifs is 1. The van der Waals surface area contributed by atoms with Crippen molar-refractivity contribution in [2.45, 2.75) is 32.7 Å². The summed E-state index contributed by atoms with van der Waals surface area (Å²) >= 11 is 1.22. The van der Waals surface area contributed by atoms with Gasteiger partial charge >= 0.3 is 5.97 Å². The van der Waals surface area contributed by atoms with E-state index in [2.05, 4.69) is 0 Å². The number of carbonyl (C=O) groups is 1. The summed E-state index contributed by atoms with van der Waals surface area (Å²) in [6.07, 6.45) is 2.96. The van der Waals surface area contributed by atoms with E-state index in [9.17, 15) is 14.0 Å². The van der Waals surface area contributed by atoms with Crippen molar-refractivity contribution >= 4 is 23.4 Å². The molecule has 1 aliphatic rings. The van der Waals surface area contributed by atoms with E-state index in [0.717, 1.165) is 6.42 Å². The summed E-state index contributed by atoms with van der Waals surface area (Å²) in [6, 6.07) is 10.3. The lowest BCUT2D eigenvalue weighted by Gasteiger charge is -2.27. The lowest BCUT2D eigenvalue weighted by Crippen LogP contribution is -2.40. The molecule has 1 atom stereocenters. The van der Waals surface area contributed by atoms with Crippen molar-refractivity contribution in [3.8, 4) is 11.5 Å². The first-order valence-electron chi connectivity index (χ1n) is 11.6. The van der Waals surface area contributed by atoms with Gasteiger partial charge in [-0.3, -0.25) is 9.36 Å². The zero-order valence-corrected chi connectivity index (χ0v) is 21.4. The van der Waals surface area contributed by atoms with E-state index in [-0.39, 0.29) is 18.0 Å². The maximum absolute atomic E-state index is 13.8. The molecule has 0 amide bonds. The molecule has 0 fully saturated rings. The average molecular weight is 511 g/mol. The Kier molecular flexibility index (Phi) is 7.69. The highest BCUT2D eigenvalue weighted by atomic mass is 32.1. The van der Waals surface area contributed by atoms with Crippen LogP contribution in [-0.4, -0.2) is 31.4 Å². The summed E-state index contributed by atoms with van der Waals surface area (Å²) < 4.78 is 31.8. The van der Waals surface area contributed by atoms with Crippen LogP contribution in [0.3, 0.4) is 0 Å². The molecule has 0 aliphatic carbocycles. The lowest BCUT2D eigenvalue weighted by atomic mass is 9.93. The number of hydrogen-bond acceptors (Lipinski definition) is 7. The van der Waals surface area contributed by atoms with E-state index in [1.54, 1.807) is 50.4 Å². The van der Waals surface area contributed by atoms with Gasteiger partial charge in [0.2, 0.25) is 0 Å². The van der Waals surface area contributed by atoms with Crippen LogP contribution in [0.2, 0.25) is 0 Å². The van der Waals surface area contributed by atoms with Gasteiger partial charge in [-0.2, -0.15) is 0 Å². The molecule has 0 unspecified atom stereocenters. The molecule has 0 radical (unpaired) electrons. The van der Waals surface area contributed by atoms with Crippen LogP contribution < -0.4 is 24.4 Å². The number of halogens is 1. The number of ether oxygens (including phenoxy) is 3. The van der Waals surface area contributed by atoms with Crippen molar-refractivity contribution in [3.05, 3.63) is 90.4 Å². The van der Waals surface area contributed by atoms with Crippen molar-refractivity contribution in [1.29, 1.82) is 0 Å². The lowest BCUT2D eigenvalue weighted by molar-refractivity contribution is -0.139. The van der Waals surface area contributed by atoms with E-state index in [0.29, 0.717) is 49.7 Å². The Hall–Kier alpha value is -3.72. The first-order chi connectivity index (χ1) is 17.4. The van der Waals surface area contributed by atoms with E-state index in [4.69, 9.17) is 19.2 Å². The number of esters is 1. The Morgan fingerprint density at radius 1 is 1.14 bits per heavy atom. The van der Waals surface area contributed by atoms with Crippen LogP contribution in [0.5, 0.6) is 11.5 Å². The quantitative estimate of drug-likeness (QED) is 0.432. The Bertz CT molecular complexity index is 1490. The molecule has 0 saturated heterocycles. The van der Waals surface area contributed by atoms with Crippen LogP contribution >= 0.6 is 11.3 Å². The molecule has 4 rings (SSSR count). The second-order valence-electron chi connectivity index (χ2n) is 8.07. The molecule has 7 nitrogen and oxygen atoms in total. The fourth-order valence-corrected chi connectivity index (χ4v) is 5.20. The Labute approximate surface area is 211 Å². The Balaban J connectivity index is 2.05. The average Bonchev–Trinajstić information content (AvgIpc) is 3.18. The molecule has 0 bridgehead atoms. The fourth-order valence-electron chi connectivity index (χ4n) is 4.18. The summed E-state index contributed by atoms with van der Waals surface area (Å²) in [5, 5.41) is 0. The maximum atomic E-state index is 13.8. The van der Waals surface area contributed by atoms with Crippen LogP contribution in [0, 0.1) is 5.82 Å². The molecule has 188 valence electrons. The minimum absolute atomic E-state index is 0.179. The second kappa shape index (κ2) is 10.9. The second-order valence-corrected chi connectivity index (χ2v) is 9.08. The monoisotopic (exact) mass is 510 g/mol. The molecule has 36 heavy (non-hydrogen) atoms. The highest BCUT2D eigenvalue weighted by molar-refractivity contribution is 7.07. The highest BCUT2D eigenvalue weighted by Crippen LogP contribution is 2.38. The number of nitrogens with zero attached hydrogens (tertiary/aromatic N) is 2. The minimum atomic E-state index is -0.831. The molecule has 1 aliphatic heterocycles. The fraction of sp³-hybridized carbons (Fsp3) is 0.296. The number of aromatic nitrogens is 1. The SMILES string of the molecule is CCCC1=C(C(=O)OCC)[C@@H](c2cc(OC)ccc2OC)n2c(s/c(=C\c3ccc(F)cc3)c2=O)=N1. The van der Waals surface area contributed by atoms with Crippen molar-refractivity contribution in [1.82, 2.24) is 4.57 Å². The van der Waals surface area contributed by atoms with Gasteiger partial charge in [0.05, 0.1) is 36.6 Å². The van der Waals surface area contributed by atoms with E-state index >= 15 is 0 Å². The van der Waals surface area contributed by atoms with Crippen LogP contribution in [0.4, 0.5) is 4.39 Å². The summed E-state index contributed by atoms with van der Waals surface area (Å²) in [6.45, 7) is 3.91. The molecular formula is C27H27FN2O5S. The first kappa shape index (κ1) is 25.4. The van der Waals surface area contributed by atoms with Crippen molar-refractivity contribution < 1.29 is 23.4 Å².